The summed E-state index contributed by atoms with van der Waals surface area (Å²) in [4.78, 5) is 8.54. The Kier molecular flexibility index (Phi) is 3.93. The number of aromatic nitrogens is 4. The highest BCUT2D eigenvalue weighted by Gasteiger charge is 2.06. The molecule has 0 saturated heterocycles. The lowest BCUT2D eigenvalue weighted by Gasteiger charge is -2.10. The summed E-state index contributed by atoms with van der Waals surface area (Å²) in [6.07, 6.45) is 8.80. The quantitative estimate of drug-likeness (QED) is 0.817. The number of nitrogens with one attached hydrogen (secondary N) is 1. The van der Waals surface area contributed by atoms with E-state index in [1.54, 1.807) is 0 Å². The van der Waals surface area contributed by atoms with Crippen LogP contribution in [0.25, 0.3) is 0 Å². The second-order valence-corrected chi connectivity index (χ2v) is 4.08. The molecule has 0 aliphatic heterocycles. The van der Waals surface area contributed by atoms with Gasteiger partial charge in [0.25, 0.3) is 0 Å². The first-order chi connectivity index (χ1) is 8.35. The van der Waals surface area contributed by atoms with Gasteiger partial charge >= 0.3 is 0 Å². The van der Waals surface area contributed by atoms with Crippen molar-refractivity contribution in [2.24, 2.45) is 0 Å². The molecule has 2 heterocycles. The van der Waals surface area contributed by atoms with Crippen molar-refractivity contribution in [2.45, 2.75) is 33.0 Å². The predicted octanol–water partition coefficient (Wildman–Crippen LogP) is 1.26. The molecule has 0 unspecified atom stereocenters. The number of hydrogen-bond donors (Lipinski definition) is 1. The van der Waals surface area contributed by atoms with Crippen LogP contribution in [-0.2, 0) is 19.6 Å². The van der Waals surface area contributed by atoms with Crippen LogP contribution in [0.1, 0.15) is 24.9 Å². The molecule has 1 N–H and O–H groups in total. The molecule has 92 valence electrons. The molecule has 5 nitrogen and oxygen atoms in total. The minimum Gasteiger partial charge on any atom is -0.333 e. The maximum Gasteiger partial charge on any atom is 0.122 e. The first-order valence-corrected chi connectivity index (χ1v) is 5.98. The fourth-order valence-corrected chi connectivity index (χ4v) is 1.91. The van der Waals surface area contributed by atoms with Crippen molar-refractivity contribution in [2.75, 3.05) is 7.05 Å². The maximum atomic E-state index is 4.33. The molecule has 0 amide bonds. The molecule has 0 atom stereocenters. The van der Waals surface area contributed by atoms with Gasteiger partial charge in [-0.05, 0) is 13.5 Å². The fraction of sp³-hybridized carbons (Fsp3) is 0.500. The van der Waals surface area contributed by atoms with Crippen molar-refractivity contribution in [1.29, 1.82) is 0 Å². The lowest BCUT2D eigenvalue weighted by molar-refractivity contribution is 0.604. The van der Waals surface area contributed by atoms with Crippen molar-refractivity contribution < 1.29 is 0 Å². The molecule has 17 heavy (non-hydrogen) atoms. The third-order valence-corrected chi connectivity index (χ3v) is 2.73. The van der Waals surface area contributed by atoms with E-state index in [9.17, 15) is 0 Å². The van der Waals surface area contributed by atoms with Gasteiger partial charge in [-0.1, -0.05) is 6.92 Å². The lowest BCUT2D eigenvalue weighted by atomic mass is 10.4. The van der Waals surface area contributed by atoms with Crippen LogP contribution in [0.4, 0.5) is 0 Å². The molecule has 0 bridgehead atoms. The molecule has 2 rings (SSSR count). The minimum atomic E-state index is 0.787. The van der Waals surface area contributed by atoms with Crippen LogP contribution in [-0.4, -0.2) is 26.1 Å². The Morgan fingerprint density at radius 3 is 3.00 bits per heavy atom. The van der Waals surface area contributed by atoms with E-state index < -0.39 is 0 Å². The monoisotopic (exact) mass is 233 g/mol. The van der Waals surface area contributed by atoms with Gasteiger partial charge < -0.3 is 14.5 Å². The van der Waals surface area contributed by atoms with Crippen LogP contribution < -0.4 is 5.32 Å². The standard InChI is InChI=1S/C12H19N5/c1-3-5-17-10-14-7-11(17)9-16-6-4-15-12(16)8-13-2/h4,6-7,10,13H,3,5,8-9H2,1-2H3. The third kappa shape index (κ3) is 2.74. The van der Waals surface area contributed by atoms with Gasteiger partial charge in [-0.2, -0.15) is 0 Å². The Hall–Kier alpha value is -1.62. The van der Waals surface area contributed by atoms with Gasteiger partial charge in [-0.15, -0.1) is 0 Å². The van der Waals surface area contributed by atoms with Gasteiger partial charge in [0.05, 0.1) is 25.1 Å². The van der Waals surface area contributed by atoms with E-state index in [0.29, 0.717) is 0 Å². The second-order valence-electron chi connectivity index (χ2n) is 4.08. The summed E-state index contributed by atoms with van der Waals surface area (Å²) >= 11 is 0. The van der Waals surface area contributed by atoms with Crippen molar-refractivity contribution in [3.63, 3.8) is 0 Å². The normalized spacial score (nSPS) is 10.9. The molecule has 0 saturated carbocycles. The molecule has 0 spiro atoms. The molecule has 0 aromatic carbocycles. The van der Waals surface area contributed by atoms with Gasteiger partial charge in [-0.25, -0.2) is 9.97 Å². The van der Waals surface area contributed by atoms with Gasteiger partial charge in [0.2, 0.25) is 0 Å². The summed E-state index contributed by atoms with van der Waals surface area (Å²) in [5.74, 6) is 1.05. The maximum absolute atomic E-state index is 4.33. The number of hydrogen-bond acceptors (Lipinski definition) is 3. The van der Waals surface area contributed by atoms with E-state index in [4.69, 9.17) is 0 Å². The Bertz CT molecular complexity index is 415. The van der Waals surface area contributed by atoms with Crippen LogP contribution in [0, 0.1) is 0 Å². The van der Waals surface area contributed by atoms with Gasteiger partial charge in [0.1, 0.15) is 5.82 Å². The van der Waals surface area contributed by atoms with Crippen molar-refractivity contribution in [3.8, 4) is 0 Å². The number of rotatable bonds is 6. The molecule has 0 radical (unpaired) electrons. The zero-order valence-corrected chi connectivity index (χ0v) is 10.4. The van der Waals surface area contributed by atoms with Crippen LogP contribution in [0.3, 0.4) is 0 Å². The smallest absolute Gasteiger partial charge is 0.122 e. The Labute approximate surface area is 102 Å². The second kappa shape index (κ2) is 5.63. The van der Waals surface area contributed by atoms with E-state index in [0.717, 1.165) is 31.9 Å². The van der Waals surface area contributed by atoms with E-state index >= 15 is 0 Å². The summed E-state index contributed by atoms with van der Waals surface area (Å²) in [6, 6.07) is 0. The summed E-state index contributed by atoms with van der Waals surface area (Å²) in [5.41, 5.74) is 1.22. The Morgan fingerprint density at radius 1 is 1.35 bits per heavy atom. The number of nitrogens with zero attached hydrogens (tertiary/aromatic N) is 4. The highest BCUT2D eigenvalue weighted by molar-refractivity contribution is 5.03. The summed E-state index contributed by atoms with van der Waals surface area (Å²) < 4.78 is 4.35. The van der Waals surface area contributed by atoms with Gasteiger partial charge in [0.15, 0.2) is 0 Å². The van der Waals surface area contributed by atoms with Crippen LogP contribution in [0.2, 0.25) is 0 Å². The van der Waals surface area contributed by atoms with Crippen LogP contribution in [0.15, 0.2) is 24.9 Å². The molecule has 2 aromatic heterocycles. The van der Waals surface area contributed by atoms with E-state index in [1.807, 2.05) is 32.0 Å². The van der Waals surface area contributed by atoms with Crippen molar-refractivity contribution in [1.82, 2.24) is 24.4 Å². The van der Waals surface area contributed by atoms with E-state index in [1.165, 1.54) is 5.69 Å². The van der Waals surface area contributed by atoms with Gasteiger partial charge in [-0.3, -0.25) is 0 Å². The molecular formula is C12H19N5. The summed E-state index contributed by atoms with van der Waals surface area (Å²) in [5, 5.41) is 3.12. The first-order valence-electron chi connectivity index (χ1n) is 5.98. The summed E-state index contributed by atoms with van der Waals surface area (Å²) in [7, 11) is 1.93. The highest BCUT2D eigenvalue weighted by atomic mass is 15.1. The molecular weight excluding hydrogens is 214 g/mol. The summed E-state index contributed by atoms with van der Waals surface area (Å²) in [6.45, 7) is 4.81. The molecule has 0 aliphatic carbocycles. The van der Waals surface area contributed by atoms with Crippen molar-refractivity contribution >= 4 is 0 Å². The first kappa shape index (κ1) is 11.9. The van der Waals surface area contributed by atoms with E-state index in [-0.39, 0.29) is 0 Å². The Balaban J connectivity index is 2.13. The topological polar surface area (TPSA) is 47.7 Å². The lowest BCUT2D eigenvalue weighted by Crippen LogP contribution is -2.14. The number of aryl methyl sites for hydroxylation is 1. The predicted molar refractivity (Wildman–Crippen MR) is 66.6 cm³/mol. The number of imidazole rings is 2. The average Bonchev–Trinajstić information content (AvgIpc) is 2.92. The zero-order chi connectivity index (χ0) is 12.1. The van der Waals surface area contributed by atoms with Gasteiger partial charge in [0, 0.05) is 25.1 Å². The molecule has 0 aliphatic rings. The highest BCUT2D eigenvalue weighted by Crippen LogP contribution is 2.06. The minimum absolute atomic E-state index is 0.787. The molecule has 2 aromatic rings. The SMILES string of the molecule is CCCn1cncc1Cn1ccnc1CNC. The molecule has 0 fully saturated rings. The zero-order valence-electron chi connectivity index (χ0n) is 10.4. The average molecular weight is 233 g/mol. The fourth-order valence-electron chi connectivity index (χ4n) is 1.91. The third-order valence-electron chi connectivity index (χ3n) is 2.73. The van der Waals surface area contributed by atoms with Crippen LogP contribution >= 0.6 is 0 Å². The van der Waals surface area contributed by atoms with E-state index in [2.05, 4.69) is 31.3 Å². The van der Waals surface area contributed by atoms with Crippen LogP contribution in [0.5, 0.6) is 0 Å². The van der Waals surface area contributed by atoms with Crippen molar-refractivity contribution in [3.05, 3.63) is 36.4 Å². The largest absolute Gasteiger partial charge is 0.333 e. The Morgan fingerprint density at radius 2 is 2.24 bits per heavy atom. The molecule has 5 heteroatoms.